The first kappa shape index (κ1) is 26.9. The molecule has 0 heterocycles. The first-order chi connectivity index (χ1) is 13.3. The standard InChI is InChI=1S/C25H53NO/c1-2-3-4-5-6-7-8-9-10-11-12-13-14-15-16-17-18-19-20-21-22-23-25(26)24-27/h25,27H,2-24,26H2,1H3. The number of hydrogen-bond donors (Lipinski definition) is 2. The summed E-state index contributed by atoms with van der Waals surface area (Å²) < 4.78 is 0. The molecule has 0 saturated heterocycles. The smallest absolute Gasteiger partial charge is 0.0582 e. The van der Waals surface area contributed by atoms with E-state index in [1.54, 1.807) is 0 Å². The Kier molecular flexibility index (Phi) is 23.9. The highest BCUT2D eigenvalue weighted by atomic mass is 16.3. The predicted molar refractivity (Wildman–Crippen MR) is 122 cm³/mol. The van der Waals surface area contributed by atoms with E-state index in [4.69, 9.17) is 10.8 Å². The number of hydrogen-bond acceptors (Lipinski definition) is 2. The van der Waals surface area contributed by atoms with Crippen LogP contribution in [0.1, 0.15) is 148 Å². The summed E-state index contributed by atoms with van der Waals surface area (Å²) in [4.78, 5) is 0. The van der Waals surface area contributed by atoms with Crippen LogP contribution in [0.4, 0.5) is 0 Å². The van der Waals surface area contributed by atoms with E-state index in [1.807, 2.05) is 0 Å². The largest absolute Gasteiger partial charge is 0.395 e. The van der Waals surface area contributed by atoms with Crippen molar-refractivity contribution in [2.24, 2.45) is 5.73 Å². The Balaban J connectivity index is 2.99. The molecule has 0 spiro atoms. The molecular formula is C25H53NO. The van der Waals surface area contributed by atoms with E-state index in [9.17, 15) is 0 Å². The maximum absolute atomic E-state index is 8.88. The third kappa shape index (κ3) is 23.9. The molecule has 0 aliphatic rings. The summed E-state index contributed by atoms with van der Waals surface area (Å²) in [6.07, 6.45) is 30.8. The van der Waals surface area contributed by atoms with Gasteiger partial charge in [0, 0.05) is 6.04 Å². The van der Waals surface area contributed by atoms with E-state index in [0.717, 1.165) is 6.42 Å². The summed E-state index contributed by atoms with van der Waals surface area (Å²) in [6.45, 7) is 2.43. The Labute approximate surface area is 172 Å². The molecule has 3 N–H and O–H groups in total. The van der Waals surface area contributed by atoms with E-state index in [1.165, 1.54) is 135 Å². The molecule has 0 saturated carbocycles. The Morgan fingerprint density at radius 2 is 0.741 bits per heavy atom. The van der Waals surface area contributed by atoms with Crippen molar-refractivity contribution in [1.29, 1.82) is 0 Å². The van der Waals surface area contributed by atoms with Crippen LogP contribution in [0, 0.1) is 0 Å². The van der Waals surface area contributed by atoms with Crippen LogP contribution in [-0.4, -0.2) is 17.8 Å². The van der Waals surface area contributed by atoms with Crippen LogP contribution < -0.4 is 5.73 Å². The number of nitrogens with two attached hydrogens (primary N) is 1. The fourth-order valence-electron chi connectivity index (χ4n) is 3.93. The molecule has 2 nitrogen and oxygen atoms in total. The highest BCUT2D eigenvalue weighted by Crippen LogP contribution is 2.15. The Hall–Kier alpha value is -0.0800. The van der Waals surface area contributed by atoms with Crippen LogP contribution in [0.25, 0.3) is 0 Å². The van der Waals surface area contributed by atoms with Gasteiger partial charge in [-0.05, 0) is 6.42 Å². The van der Waals surface area contributed by atoms with Gasteiger partial charge >= 0.3 is 0 Å². The third-order valence-corrected chi connectivity index (χ3v) is 5.91. The molecule has 2 heteroatoms. The molecule has 27 heavy (non-hydrogen) atoms. The Morgan fingerprint density at radius 3 is 1.00 bits per heavy atom. The van der Waals surface area contributed by atoms with Gasteiger partial charge in [0.2, 0.25) is 0 Å². The molecule has 1 atom stereocenters. The number of unbranched alkanes of at least 4 members (excludes halogenated alkanes) is 20. The molecule has 0 aliphatic carbocycles. The minimum atomic E-state index is 0.00493. The van der Waals surface area contributed by atoms with Crippen LogP contribution >= 0.6 is 0 Å². The zero-order chi connectivity index (χ0) is 19.8. The third-order valence-electron chi connectivity index (χ3n) is 5.91. The van der Waals surface area contributed by atoms with Crippen molar-refractivity contribution in [2.45, 2.75) is 154 Å². The van der Waals surface area contributed by atoms with Crippen molar-refractivity contribution in [2.75, 3.05) is 6.61 Å². The summed E-state index contributed by atoms with van der Waals surface area (Å²) in [6, 6.07) is 0.00493. The normalized spacial score (nSPS) is 12.6. The molecule has 0 bridgehead atoms. The molecule has 0 rings (SSSR count). The summed E-state index contributed by atoms with van der Waals surface area (Å²) in [7, 11) is 0. The lowest BCUT2D eigenvalue weighted by atomic mass is 10.0. The summed E-state index contributed by atoms with van der Waals surface area (Å²) >= 11 is 0. The summed E-state index contributed by atoms with van der Waals surface area (Å²) in [5.74, 6) is 0. The Morgan fingerprint density at radius 1 is 0.481 bits per heavy atom. The molecule has 1 unspecified atom stereocenters. The second kappa shape index (κ2) is 24.0. The van der Waals surface area contributed by atoms with Crippen LogP contribution in [0.3, 0.4) is 0 Å². The fourth-order valence-corrected chi connectivity index (χ4v) is 3.93. The molecule has 0 aliphatic heterocycles. The van der Waals surface area contributed by atoms with Gasteiger partial charge in [0.15, 0.2) is 0 Å². The molecule has 164 valence electrons. The van der Waals surface area contributed by atoms with Gasteiger partial charge < -0.3 is 10.8 Å². The minimum absolute atomic E-state index is 0.00493. The lowest BCUT2D eigenvalue weighted by Gasteiger charge is -2.07. The second-order valence-corrected chi connectivity index (χ2v) is 8.80. The summed E-state index contributed by atoms with van der Waals surface area (Å²) in [5.41, 5.74) is 5.71. The monoisotopic (exact) mass is 383 g/mol. The highest BCUT2D eigenvalue weighted by Gasteiger charge is 1.99. The molecule has 0 aromatic carbocycles. The SMILES string of the molecule is CCCCCCCCCCCCCCCCCCCCCCCC(N)CO. The lowest BCUT2D eigenvalue weighted by molar-refractivity contribution is 0.257. The van der Waals surface area contributed by atoms with E-state index >= 15 is 0 Å². The van der Waals surface area contributed by atoms with E-state index in [-0.39, 0.29) is 12.6 Å². The average Bonchev–Trinajstić information content (AvgIpc) is 2.68. The average molecular weight is 384 g/mol. The maximum Gasteiger partial charge on any atom is 0.0582 e. The number of rotatable bonds is 23. The van der Waals surface area contributed by atoms with Gasteiger partial charge in [-0.25, -0.2) is 0 Å². The van der Waals surface area contributed by atoms with Crippen LogP contribution in [0.15, 0.2) is 0 Å². The first-order valence-corrected chi connectivity index (χ1v) is 12.7. The van der Waals surface area contributed by atoms with Gasteiger partial charge in [-0.1, -0.05) is 142 Å². The van der Waals surface area contributed by atoms with E-state index in [2.05, 4.69) is 6.92 Å². The van der Waals surface area contributed by atoms with Crippen LogP contribution in [0.5, 0.6) is 0 Å². The minimum Gasteiger partial charge on any atom is -0.395 e. The summed E-state index contributed by atoms with van der Waals surface area (Å²) in [5, 5.41) is 8.88. The van der Waals surface area contributed by atoms with Gasteiger partial charge in [0.05, 0.1) is 6.61 Å². The zero-order valence-corrected chi connectivity index (χ0v) is 18.9. The second-order valence-electron chi connectivity index (χ2n) is 8.80. The zero-order valence-electron chi connectivity index (χ0n) is 18.9. The van der Waals surface area contributed by atoms with E-state index < -0.39 is 0 Å². The van der Waals surface area contributed by atoms with Crippen molar-refractivity contribution in [1.82, 2.24) is 0 Å². The number of aliphatic hydroxyl groups is 1. The predicted octanol–water partition coefficient (Wildman–Crippen LogP) is 7.91. The van der Waals surface area contributed by atoms with Crippen molar-refractivity contribution in [3.63, 3.8) is 0 Å². The molecular weight excluding hydrogens is 330 g/mol. The van der Waals surface area contributed by atoms with Crippen LogP contribution in [0.2, 0.25) is 0 Å². The molecule has 0 fully saturated rings. The number of aliphatic hydroxyl groups excluding tert-OH is 1. The molecule has 0 amide bonds. The first-order valence-electron chi connectivity index (χ1n) is 12.7. The van der Waals surface area contributed by atoms with Crippen molar-refractivity contribution in [3.8, 4) is 0 Å². The topological polar surface area (TPSA) is 46.2 Å². The van der Waals surface area contributed by atoms with Crippen LogP contribution in [-0.2, 0) is 0 Å². The van der Waals surface area contributed by atoms with Gasteiger partial charge in [-0.15, -0.1) is 0 Å². The van der Waals surface area contributed by atoms with Crippen molar-refractivity contribution in [3.05, 3.63) is 0 Å². The fraction of sp³-hybridized carbons (Fsp3) is 1.00. The molecule has 0 aromatic heterocycles. The quantitative estimate of drug-likeness (QED) is 0.176. The molecule has 0 aromatic rings. The van der Waals surface area contributed by atoms with E-state index in [0.29, 0.717) is 0 Å². The van der Waals surface area contributed by atoms with Crippen molar-refractivity contribution >= 4 is 0 Å². The lowest BCUT2D eigenvalue weighted by Crippen LogP contribution is -2.23. The Bertz CT molecular complexity index is 257. The maximum atomic E-state index is 8.88. The highest BCUT2D eigenvalue weighted by molar-refractivity contribution is 4.58. The van der Waals surface area contributed by atoms with Gasteiger partial charge in [-0.2, -0.15) is 0 Å². The van der Waals surface area contributed by atoms with Crippen molar-refractivity contribution < 1.29 is 5.11 Å². The van der Waals surface area contributed by atoms with Gasteiger partial charge in [0.25, 0.3) is 0 Å². The molecule has 0 radical (unpaired) electrons. The van der Waals surface area contributed by atoms with Gasteiger partial charge in [-0.3, -0.25) is 0 Å². The van der Waals surface area contributed by atoms with Gasteiger partial charge in [0.1, 0.15) is 0 Å².